The lowest BCUT2D eigenvalue weighted by molar-refractivity contribution is 0.977. The molecule has 3 heteroatoms. The Morgan fingerprint density at radius 3 is 0.838 bits per heavy atom. The van der Waals surface area contributed by atoms with Crippen LogP contribution in [-0.4, -0.2) is 0 Å². The lowest BCUT2D eigenvalue weighted by Gasteiger charge is -2.28. The molecule has 68 heavy (non-hydrogen) atoms. The number of benzene rings is 10. The molecule has 330 valence electrons. The molecule has 1 unspecified atom stereocenters. The monoisotopic (exact) mass is 877 g/mol. The normalized spacial score (nSPS) is 11.5. The van der Waals surface area contributed by atoms with Crippen molar-refractivity contribution in [1.82, 2.24) is 0 Å². The molecule has 0 bridgehead atoms. The lowest BCUT2D eigenvalue weighted by Crippen LogP contribution is -2.12. The maximum atomic E-state index is 2.35. The minimum Gasteiger partial charge on any atom is -0.311 e. The van der Waals surface area contributed by atoms with Crippen molar-refractivity contribution in [3.8, 4) is 11.1 Å². The third-order valence-electron chi connectivity index (χ3n) is 12.7. The molecule has 0 radical (unpaired) electrons. The van der Waals surface area contributed by atoms with Gasteiger partial charge in [0, 0.05) is 57.1 Å². The summed E-state index contributed by atoms with van der Waals surface area (Å²) >= 11 is 0. The predicted octanol–water partition coefficient (Wildman–Crippen LogP) is 18.2. The van der Waals surface area contributed by atoms with Crippen molar-refractivity contribution in [2.75, 3.05) is 14.7 Å². The highest BCUT2D eigenvalue weighted by Gasteiger charge is 2.20. The van der Waals surface area contributed by atoms with Gasteiger partial charge in [0.25, 0.3) is 0 Å². The molecule has 10 aromatic rings. The minimum absolute atomic E-state index is 0.0691. The Morgan fingerprint density at radius 2 is 0.471 bits per heavy atom. The van der Waals surface area contributed by atoms with Crippen LogP contribution < -0.4 is 14.7 Å². The molecule has 0 amide bonds. The zero-order valence-electron chi connectivity index (χ0n) is 39.2. The molecular weight excluding hydrogens is 823 g/mol. The highest BCUT2D eigenvalue weighted by atomic mass is 15.2. The number of hydrogen-bond donors (Lipinski definition) is 0. The Kier molecular flexibility index (Phi) is 12.5. The maximum Gasteiger partial charge on any atom is 0.0464 e. The van der Waals surface area contributed by atoms with Gasteiger partial charge < -0.3 is 14.7 Å². The topological polar surface area (TPSA) is 9.72 Å². The van der Waals surface area contributed by atoms with E-state index < -0.39 is 0 Å². The molecular formula is C65H55N3. The van der Waals surface area contributed by atoms with Crippen LogP contribution in [0.5, 0.6) is 0 Å². The summed E-state index contributed by atoms with van der Waals surface area (Å²) in [4.78, 5) is 7.02. The van der Waals surface area contributed by atoms with E-state index in [1.165, 1.54) is 50.1 Å². The Morgan fingerprint density at radius 1 is 0.221 bits per heavy atom. The Balaban J connectivity index is 0.938. The van der Waals surface area contributed by atoms with Crippen molar-refractivity contribution in [3.63, 3.8) is 0 Å². The minimum atomic E-state index is 0.0691. The van der Waals surface area contributed by atoms with E-state index in [9.17, 15) is 0 Å². The molecule has 1 atom stereocenters. The van der Waals surface area contributed by atoms with E-state index in [2.05, 4.69) is 297 Å². The van der Waals surface area contributed by atoms with Crippen LogP contribution in [-0.2, 0) is 0 Å². The Labute approximate surface area is 402 Å². The second kappa shape index (κ2) is 19.6. The summed E-state index contributed by atoms with van der Waals surface area (Å²) in [5.41, 5.74) is 21.1. The fourth-order valence-electron chi connectivity index (χ4n) is 9.45. The summed E-state index contributed by atoms with van der Waals surface area (Å²) in [6.45, 7) is 8.60. The summed E-state index contributed by atoms with van der Waals surface area (Å²) in [5, 5.41) is 0. The van der Waals surface area contributed by atoms with Crippen LogP contribution in [0.4, 0.5) is 51.2 Å². The van der Waals surface area contributed by atoms with Crippen LogP contribution in [0.1, 0.15) is 44.9 Å². The van der Waals surface area contributed by atoms with E-state index in [1.54, 1.807) is 0 Å². The number of aryl methyl sites for hydroxylation is 4. The van der Waals surface area contributed by atoms with E-state index in [0.29, 0.717) is 0 Å². The second-order valence-corrected chi connectivity index (χ2v) is 17.8. The molecule has 0 fully saturated rings. The van der Waals surface area contributed by atoms with Gasteiger partial charge in [0.15, 0.2) is 0 Å². The predicted molar refractivity (Wildman–Crippen MR) is 289 cm³/mol. The Bertz CT molecular complexity index is 2940. The molecule has 0 heterocycles. The van der Waals surface area contributed by atoms with Gasteiger partial charge in [0.2, 0.25) is 0 Å². The van der Waals surface area contributed by atoms with Crippen LogP contribution in [0, 0.1) is 27.7 Å². The van der Waals surface area contributed by atoms with Crippen molar-refractivity contribution < 1.29 is 0 Å². The van der Waals surface area contributed by atoms with Gasteiger partial charge in [-0.3, -0.25) is 0 Å². The zero-order chi connectivity index (χ0) is 46.4. The number of nitrogens with zero attached hydrogens (tertiary/aromatic N) is 3. The summed E-state index contributed by atoms with van der Waals surface area (Å²) in [6, 6.07) is 92.5. The van der Waals surface area contributed by atoms with Crippen molar-refractivity contribution >= 4 is 51.2 Å². The van der Waals surface area contributed by atoms with Crippen LogP contribution in [0.25, 0.3) is 11.1 Å². The average Bonchev–Trinajstić information content (AvgIpc) is 3.37. The molecule has 3 nitrogen and oxygen atoms in total. The van der Waals surface area contributed by atoms with Gasteiger partial charge in [0.05, 0.1) is 0 Å². The molecule has 10 rings (SSSR count). The molecule has 0 aromatic heterocycles. The van der Waals surface area contributed by atoms with Gasteiger partial charge in [-0.2, -0.15) is 0 Å². The first-order valence-corrected chi connectivity index (χ1v) is 23.5. The van der Waals surface area contributed by atoms with E-state index in [1.807, 2.05) is 0 Å². The first-order chi connectivity index (χ1) is 33.3. The number of anilines is 9. The molecule has 0 N–H and O–H groups in total. The summed E-state index contributed by atoms with van der Waals surface area (Å²) < 4.78 is 0. The fraction of sp³-hybridized carbons (Fsp3) is 0.0769. The first-order valence-electron chi connectivity index (χ1n) is 23.5. The van der Waals surface area contributed by atoms with Crippen LogP contribution in [0.3, 0.4) is 0 Å². The largest absolute Gasteiger partial charge is 0.311 e. The first kappa shape index (κ1) is 43.5. The quantitative estimate of drug-likeness (QED) is 0.107. The molecule has 0 aliphatic carbocycles. The number of para-hydroxylation sites is 1. The van der Waals surface area contributed by atoms with E-state index >= 15 is 0 Å². The van der Waals surface area contributed by atoms with Crippen LogP contribution in [0.2, 0.25) is 0 Å². The average molecular weight is 878 g/mol. The van der Waals surface area contributed by atoms with Crippen LogP contribution >= 0.6 is 0 Å². The molecule has 0 aliphatic rings. The fourth-order valence-corrected chi connectivity index (χ4v) is 9.45. The van der Waals surface area contributed by atoms with Gasteiger partial charge in [0.1, 0.15) is 0 Å². The van der Waals surface area contributed by atoms with E-state index in [4.69, 9.17) is 0 Å². The highest BCUT2D eigenvalue weighted by Crippen LogP contribution is 2.42. The van der Waals surface area contributed by atoms with Gasteiger partial charge in [-0.15, -0.1) is 0 Å². The number of rotatable bonds is 13. The van der Waals surface area contributed by atoms with Crippen molar-refractivity contribution in [2.45, 2.75) is 33.6 Å². The summed E-state index contributed by atoms with van der Waals surface area (Å²) in [7, 11) is 0. The molecule has 10 aromatic carbocycles. The summed E-state index contributed by atoms with van der Waals surface area (Å²) in [6.07, 6.45) is 0. The van der Waals surface area contributed by atoms with E-state index in [0.717, 1.165) is 51.2 Å². The SMILES string of the molecule is Cc1cccc(N(c2ccc(C(c3ccccc3)c3ccc(-c4ccc(N(c5ccccc5)c5ccc(N(c6cccc(C)c6)c6cccc(C)c6)cc5)cc4)cc3)cc2)c2cccc(C)c2)c1. The maximum absolute atomic E-state index is 2.35. The lowest BCUT2D eigenvalue weighted by atomic mass is 9.84. The second-order valence-electron chi connectivity index (χ2n) is 17.8. The standard InChI is InChI=1S/C65H55N3/c1-47-15-11-23-61(43-47)67(62-24-12-16-48(2)44-62)58-37-33-55(34-38-58)65(53-19-7-5-8-20-53)54-29-27-51(28-30-54)52-31-35-57(36-32-52)66(56-21-9-6-10-22-56)59-39-41-60(42-40-59)68(63-25-13-17-49(3)45-63)64-26-14-18-50(4)46-64/h5-46,65H,1-4H3. The van der Waals surface area contributed by atoms with Crippen molar-refractivity contribution in [1.29, 1.82) is 0 Å². The number of hydrogen-bond acceptors (Lipinski definition) is 3. The Hall–Kier alpha value is -8.40. The third-order valence-corrected chi connectivity index (χ3v) is 12.7. The van der Waals surface area contributed by atoms with Crippen LogP contribution in [0.15, 0.2) is 255 Å². The molecule has 0 saturated carbocycles. The zero-order valence-corrected chi connectivity index (χ0v) is 39.2. The van der Waals surface area contributed by atoms with Crippen molar-refractivity contribution in [3.05, 3.63) is 294 Å². The van der Waals surface area contributed by atoms with E-state index in [-0.39, 0.29) is 5.92 Å². The van der Waals surface area contributed by atoms with Gasteiger partial charge in [-0.1, -0.05) is 146 Å². The summed E-state index contributed by atoms with van der Waals surface area (Å²) in [5.74, 6) is 0.0691. The molecule has 0 saturated heterocycles. The highest BCUT2D eigenvalue weighted by molar-refractivity contribution is 5.83. The molecule has 0 aliphatic heterocycles. The molecule has 0 spiro atoms. The van der Waals surface area contributed by atoms with Gasteiger partial charge in [-0.05, 0) is 187 Å². The van der Waals surface area contributed by atoms with Gasteiger partial charge >= 0.3 is 0 Å². The smallest absolute Gasteiger partial charge is 0.0464 e. The van der Waals surface area contributed by atoms with Crippen molar-refractivity contribution in [2.24, 2.45) is 0 Å². The van der Waals surface area contributed by atoms with Gasteiger partial charge in [-0.25, -0.2) is 0 Å². The third kappa shape index (κ3) is 9.47.